The smallest absolute Gasteiger partial charge is 0.0361 e. The Hall–Kier alpha value is -2.81. The van der Waals surface area contributed by atoms with Gasteiger partial charge in [0.15, 0.2) is 0 Å². The molecule has 5 aromatic carbocycles. The number of hydrogen-bond acceptors (Lipinski definition) is 2. The van der Waals surface area contributed by atoms with E-state index in [1.54, 1.807) is 0 Å². The normalized spacial score (nSPS) is 11.9. The van der Waals surface area contributed by atoms with Gasteiger partial charge in [-0.2, -0.15) is 0 Å². The summed E-state index contributed by atoms with van der Waals surface area (Å²) in [6.45, 7) is 4.51. The van der Waals surface area contributed by atoms with E-state index in [4.69, 9.17) is 12.6 Å². The Bertz CT molecular complexity index is 1720. The lowest BCUT2D eigenvalue weighted by Gasteiger charge is -2.10. The molecule has 0 saturated carbocycles. The third-order valence-electron chi connectivity index (χ3n) is 7.46. The highest BCUT2D eigenvalue weighted by molar-refractivity contribution is 7.80. The topological polar surface area (TPSA) is 0 Å². The van der Waals surface area contributed by atoms with Gasteiger partial charge in [0, 0.05) is 25.1 Å². The number of fused-ring (bicyclic) bond motifs is 5. The molecule has 1 heterocycles. The van der Waals surface area contributed by atoms with Crippen LogP contribution in [0.5, 0.6) is 0 Å². The van der Waals surface area contributed by atoms with Crippen molar-refractivity contribution in [2.24, 2.45) is 0 Å². The van der Waals surface area contributed by atoms with Crippen molar-refractivity contribution in [1.82, 2.24) is 0 Å². The molecule has 6 aromatic rings. The minimum Gasteiger partial charge on any atom is -0.143 e. The zero-order valence-corrected chi connectivity index (χ0v) is 22.8. The zero-order valence-electron chi connectivity index (χ0n) is 21.1. The fourth-order valence-electron chi connectivity index (χ4n) is 5.38. The Morgan fingerprint density at radius 2 is 1.22 bits per heavy atom. The number of rotatable bonds is 7. The molecule has 6 rings (SSSR count). The lowest BCUT2D eigenvalue weighted by molar-refractivity contribution is 0.796. The van der Waals surface area contributed by atoms with Crippen LogP contribution in [0.15, 0.2) is 83.8 Å². The molecular weight excluding hydrogens is 473 g/mol. The summed E-state index contributed by atoms with van der Waals surface area (Å²) >= 11 is 6.79. The van der Waals surface area contributed by atoms with Crippen molar-refractivity contribution in [3.05, 3.63) is 90.0 Å². The Balaban J connectivity index is 1.43. The van der Waals surface area contributed by atoms with Crippen molar-refractivity contribution in [3.63, 3.8) is 0 Å². The van der Waals surface area contributed by atoms with E-state index in [2.05, 4.69) is 92.7 Å². The van der Waals surface area contributed by atoms with E-state index in [1.807, 2.05) is 11.3 Å². The highest BCUT2D eigenvalue weighted by Crippen LogP contribution is 2.40. The van der Waals surface area contributed by atoms with Crippen molar-refractivity contribution in [1.29, 1.82) is 0 Å². The molecular formula is C34H32S2. The molecule has 0 spiro atoms. The first-order valence-corrected chi connectivity index (χ1v) is 14.5. The fourth-order valence-corrected chi connectivity index (χ4v) is 6.88. The molecule has 0 unspecified atom stereocenters. The minimum absolute atomic E-state index is 1.04. The van der Waals surface area contributed by atoms with Crippen molar-refractivity contribution in [2.75, 3.05) is 0 Å². The van der Waals surface area contributed by atoms with Crippen LogP contribution in [-0.4, -0.2) is 0 Å². The highest BCUT2D eigenvalue weighted by atomic mass is 32.1. The SMILES string of the molecule is CCCCc1ccc2cc(S)c(-c3ccc4c(c3)sc3cc5ccc(CCCC)cc5cc34)cc2c1. The second kappa shape index (κ2) is 9.92. The highest BCUT2D eigenvalue weighted by Gasteiger charge is 2.11. The van der Waals surface area contributed by atoms with E-state index in [1.165, 1.54) is 89.7 Å². The zero-order chi connectivity index (χ0) is 24.6. The van der Waals surface area contributed by atoms with Crippen molar-refractivity contribution < 1.29 is 0 Å². The van der Waals surface area contributed by atoms with Gasteiger partial charge in [0.2, 0.25) is 0 Å². The summed E-state index contributed by atoms with van der Waals surface area (Å²) in [6, 6.07) is 30.1. The molecule has 0 aliphatic rings. The molecule has 0 nitrogen and oxygen atoms in total. The van der Waals surface area contributed by atoms with Crippen molar-refractivity contribution >= 4 is 65.7 Å². The van der Waals surface area contributed by atoms with Crippen LogP contribution in [0.3, 0.4) is 0 Å². The van der Waals surface area contributed by atoms with E-state index in [0.29, 0.717) is 0 Å². The van der Waals surface area contributed by atoms with Crippen LogP contribution in [0.4, 0.5) is 0 Å². The average molecular weight is 505 g/mol. The minimum atomic E-state index is 1.04. The molecule has 0 atom stereocenters. The maximum absolute atomic E-state index is 4.89. The van der Waals surface area contributed by atoms with Crippen LogP contribution in [0.25, 0.3) is 52.8 Å². The van der Waals surface area contributed by atoms with Gasteiger partial charge in [-0.1, -0.05) is 75.2 Å². The van der Waals surface area contributed by atoms with E-state index < -0.39 is 0 Å². The second-order valence-electron chi connectivity index (χ2n) is 10.1. The Kier molecular flexibility index (Phi) is 6.50. The Morgan fingerprint density at radius 1 is 0.583 bits per heavy atom. The molecule has 36 heavy (non-hydrogen) atoms. The molecule has 0 fully saturated rings. The monoisotopic (exact) mass is 504 g/mol. The summed E-state index contributed by atoms with van der Waals surface area (Å²) < 4.78 is 2.70. The predicted molar refractivity (Wildman–Crippen MR) is 164 cm³/mol. The lowest BCUT2D eigenvalue weighted by Crippen LogP contribution is -1.87. The molecule has 0 saturated heterocycles. The van der Waals surface area contributed by atoms with Gasteiger partial charge >= 0.3 is 0 Å². The third-order valence-corrected chi connectivity index (χ3v) is 8.95. The number of unbranched alkanes of at least 4 members (excludes halogenated alkanes) is 2. The standard InChI is InChI=1S/C34H32S2/c1-3-5-7-22-9-11-24-19-32(35)30(17-27(24)15-22)26-13-14-29-31-18-28-16-23(8-6-4-2)10-12-25(28)20-34(31)36-33(29)21-26/h9-21,35H,3-8H2,1-2H3. The summed E-state index contributed by atoms with van der Waals surface area (Å²) in [5.41, 5.74) is 5.32. The van der Waals surface area contributed by atoms with Gasteiger partial charge in [0.05, 0.1) is 0 Å². The number of hydrogen-bond donors (Lipinski definition) is 1. The molecule has 0 amide bonds. The predicted octanol–water partition coefficient (Wildman–Crippen LogP) is 11.0. The summed E-state index contributed by atoms with van der Waals surface area (Å²) in [7, 11) is 0. The van der Waals surface area contributed by atoms with E-state index in [-0.39, 0.29) is 0 Å². The third kappa shape index (κ3) is 4.42. The lowest BCUT2D eigenvalue weighted by atomic mass is 9.97. The quantitative estimate of drug-likeness (QED) is 0.205. The van der Waals surface area contributed by atoms with Crippen LogP contribution in [0, 0.1) is 0 Å². The first kappa shape index (κ1) is 23.6. The first-order valence-electron chi connectivity index (χ1n) is 13.3. The van der Waals surface area contributed by atoms with Crippen LogP contribution >= 0.6 is 24.0 Å². The van der Waals surface area contributed by atoms with Gasteiger partial charge in [0.25, 0.3) is 0 Å². The molecule has 0 aliphatic heterocycles. The second-order valence-corrected chi connectivity index (χ2v) is 11.7. The maximum Gasteiger partial charge on any atom is 0.0361 e. The molecule has 0 N–H and O–H groups in total. The van der Waals surface area contributed by atoms with E-state index in [9.17, 15) is 0 Å². The average Bonchev–Trinajstić information content (AvgIpc) is 3.25. The van der Waals surface area contributed by atoms with Gasteiger partial charge in [-0.3, -0.25) is 0 Å². The largest absolute Gasteiger partial charge is 0.143 e. The van der Waals surface area contributed by atoms with E-state index >= 15 is 0 Å². The number of benzene rings is 5. The summed E-state index contributed by atoms with van der Waals surface area (Å²) in [5, 5.41) is 7.97. The Labute approximate surface area is 223 Å². The van der Waals surface area contributed by atoms with Crippen LogP contribution in [0.2, 0.25) is 0 Å². The van der Waals surface area contributed by atoms with Gasteiger partial charge in [-0.05, 0) is 99.8 Å². The number of aryl methyl sites for hydroxylation is 2. The van der Waals surface area contributed by atoms with Crippen molar-refractivity contribution in [2.45, 2.75) is 57.3 Å². The number of thiophene rings is 1. The number of thiol groups is 1. The van der Waals surface area contributed by atoms with Gasteiger partial charge in [0.1, 0.15) is 0 Å². The summed E-state index contributed by atoms with van der Waals surface area (Å²) in [4.78, 5) is 1.04. The summed E-state index contributed by atoms with van der Waals surface area (Å²) in [5.74, 6) is 0. The molecule has 0 bridgehead atoms. The van der Waals surface area contributed by atoms with Crippen LogP contribution in [0.1, 0.15) is 50.7 Å². The molecule has 0 aliphatic carbocycles. The summed E-state index contributed by atoms with van der Waals surface area (Å²) in [6.07, 6.45) is 7.26. The van der Waals surface area contributed by atoms with Crippen LogP contribution in [-0.2, 0) is 12.8 Å². The molecule has 2 heteroatoms. The molecule has 1 aromatic heterocycles. The van der Waals surface area contributed by atoms with E-state index in [0.717, 1.165) is 17.7 Å². The van der Waals surface area contributed by atoms with Crippen molar-refractivity contribution in [3.8, 4) is 11.1 Å². The fraction of sp³-hybridized carbons (Fsp3) is 0.235. The maximum atomic E-state index is 4.89. The van der Waals surface area contributed by atoms with Crippen LogP contribution < -0.4 is 0 Å². The molecule has 0 radical (unpaired) electrons. The molecule has 180 valence electrons. The Morgan fingerprint density at radius 3 is 1.92 bits per heavy atom. The first-order chi connectivity index (χ1) is 17.6. The van der Waals surface area contributed by atoms with Gasteiger partial charge in [-0.15, -0.1) is 24.0 Å². The van der Waals surface area contributed by atoms with Gasteiger partial charge in [-0.25, -0.2) is 0 Å². The van der Waals surface area contributed by atoms with Gasteiger partial charge < -0.3 is 0 Å².